The van der Waals surface area contributed by atoms with Gasteiger partial charge in [-0.05, 0) is 77.0 Å². The molecule has 290 valence electrons. The van der Waals surface area contributed by atoms with Gasteiger partial charge in [0.15, 0.2) is 0 Å². The third-order valence-electron chi connectivity index (χ3n) is 8.95. The summed E-state index contributed by atoms with van der Waals surface area (Å²) in [4.78, 5) is 25.6. The van der Waals surface area contributed by atoms with Crippen molar-refractivity contribution in [1.29, 1.82) is 0 Å². The van der Waals surface area contributed by atoms with Gasteiger partial charge in [0.25, 0.3) is 0 Å². The van der Waals surface area contributed by atoms with E-state index >= 15 is 0 Å². The second kappa shape index (κ2) is 35.8. The van der Waals surface area contributed by atoms with Gasteiger partial charge in [0, 0.05) is 0 Å². The highest BCUT2D eigenvalue weighted by Crippen LogP contribution is 2.10. The molecule has 47 heavy (non-hydrogen) atoms. The van der Waals surface area contributed by atoms with Crippen molar-refractivity contribution in [3.8, 4) is 0 Å². The molecule has 0 aliphatic carbocycles. The van der Waals surface area contributed by atoms with E-state index in [4.69, 9.17) is 19.2 Å². The van der Waals surface area contributed by atoms with Crippen molar-refractivity contribution in [2.24, 2.45) is 0 Å². The number of rotatable bonds is 27. The van der Waals surface area contributed by atoms with Crippen molar-refractivity contribution >= 4 is 7.82 Å². The van der Waals surface area contributed by atoms with Crippen molar-refractivity contribution in [2.45, 2.75) is 176 Å². The minimum Gasteiger partial charge on any atom is -0.822 e. The molecule has 0 saturated carbocycles. The summed E-state index contributed by atoms with van der Waals surface area (Å²) in [5, 5.41) is 0. The molecule has 8 heteroatoms. The van der Waals surface area contributed by atoms with E-state index in [1.165, 1.54) is 188 Å². The van der Waals surface area contributed by atoms with Crippen LogP contribution in [0.5, 0.6) is 0 Å². The molecule has 0 rings (SSSR count). The Morgan fingerprint density at radius 2 is 0.447 bits per heavy atom. The first kappa shape index (κ1) is 53.8. The first-order valence-electron chi connectivity index (χ1n) is 20.1. The first-order valence-corrected chi connectivity index (χ1v) is 21.5. The van der Waals surface area contributed by atoms with Crippen molar-refractivity contribution in [3.05, 3.63) is 0 Å². The van der Waals surface area contributed by atoms with Crippen LogP contribution in [0.25, 0.3) is 0 Å². The lowest BCUT2D eigenvalue weighted by atomic mass is 10.2. The van der Waals surface area contributed by atoms with Crippen LogP contribution in [0.15, 0.2) is 0 Å². The monoisotopic (exact) mass is 696 g/mol. The third-order valence-corrected chi connectivity index (χ3v) is 8.95. The Morgan fingerprint density at radius 3 is 0.596 bits per heavy atom. The Bertz CT molecular complexity index is 575. The molecule has 0 aliphatic heterocycles. The fraction of sp³-hybridized carbons (Fsp3) is 1.00. The van der Waals surface area contributed by atoms with Gasteiger partial charge in [-0.2, -0.15) is 7.82 Å². The number of unbranched alkanes of at least 4 members (excludes halogenated alkanes) is 15. The first-order chi connectivity index (χ1) is 21.9. The molecule has 0 bridgehead atoms. The van der Waals surface area contributed by atoms with Crippen LogP contribution in [-0.2, 0) is 4.57 Å². The SMILES string of the molecule is CCCCCC[N+](C)(C)CCCCC.CCCCCC[N+](C)(C)CCCCC.CCCCCC[N+](C)(C)CCCCC.O=P([O-])([O-])[O-]. The van der Waals surface area contributed by atoms with Crippen molar-refractivity contribution < 1.29 is 32.7 Å². The largest absolute Gasteiger partial charge is 0.822 e. The van der Waals surface area contributed by atoms with E-state index in [2.05, 4.69) is 83.8 Å². The smallest absolute Gasteiger partial charge is 0.0782 e. The Labute approximate surface area is 297 Å². The van der Waals surface area contributed by atoms with E-state index in [1.807, 2.05) is 0 Å². The van der Waals surface area contributed by atoms with Gasteiger partial charge < -0.3 is 32.7 Å². The van der Waals surface area contributed by atoms with Crippen LogP contribution in [0.4, 0.5) is 0 Å². The molecule has 7 nitrogen and oxygen atoms in total. The van der Waals surface area contributed by atoms with Gasteiger partial charge in [-0.1, -0.05) is 99.3 Å². The van der Waals surface area contributed by atoms with E-state index in [1.54, 1.807) is 0 Å². The van der Waals surface area contributed by atoms with Crippen molar-refractivity contribution in [2.75, 3.05) is 81.6 Å². The lowest BCUT2D eigenvalue weighted by molar-refractivity contribution is -0.890. The Balaban J connectivity index is -0.000000275. The molecule has 0 N–H and O–H groups in total. The van der Waals surface area contributed by atoms with E-state index in [0.717, 1.165) is 0 Å². The highest BCUT2D eigenvalue weighted by atomic mass is 31.2. The van der Waals surface area contributed by atoms with Crippen LogP contribution in [0.2, 0.25) is 0 Å². The molecule has 0 atom stereocenters. The Morgan fingerprint density at radius 1 is 0.319 bits per heavy atom. The molecule has 0 unspecified atom stereocenters. The van der Waals surface area contributed by atoms with Gasteiger partial charge in [0.2, 0.25) is 0 Å². The molecule has 0 aromatic rings. The summed E-state index contributed by atoms with van der Waals surface area (Å²) in [6, 6.07) is 0. The fourth-order valence-corrected chi connectivity index (χ4v) is 5.60. The number of quaternary nitrogens is 3. The van der Waals surface area contributed by atoms with E-state index in [9.17, 15) is 0 Å². The van der Waals surface area contributed by atoms with Gasteiger partial charge in [0.1, 0.15) is 0 Å². The number of hydrogen-bond donors (Lipinski definition) is 0. The normalized spacial score (nSPS) is 12.0. The summed E-state index contributed by atoms with van der Waals surface area (Å²) >= 11 is 0. The minimum absolute atomic E-state index is 1.23. The van der Waals surface area contributed by atoms with Crippen LogP contribution >= 0.6 is 7.82 Å². The van der Waals surface area contributed by atoms with Crippen LogP contribution < -0.4 is 14.7 Å². The average molecular weight is 696 g/mol. The molecule has 0 fully saturated rings. The number of nitrogens with zero attached hydrogens (tertiary/aromatic N) is 3. The zero-order valence-corrected chi connectivity index (χ0v) is 35.4. The molecule has 0 amide bonds. The molecule has 0 heterocycles. The fourth-order valence-electron chi connectivity index (χ4n) is 5.60. The lowest BCUT2D eigenvalue weighted by Gasteiger charge is -2.36. The maximum absolute atomic E-state index is 8.55. The molecular formula is C39H90N3O4P. The maximum atomic E-state index is 8.55. The molecular weight excluding hydrogens is 605 g/mol. The summed E-state index contributed by atoms with van der Waals surface area (Å²) in [5.41, 5.74) is 0. The van der Waals surface area contributed by atoms with Crippen molar-refractivity contribution in [3.63, 3.8) is 0 Å². The van der Waals surface area contributed by atoms with Gasteiger partial charge in [0.05, 0.1) is 81.6 Å². The summed E-state index contributed by atoms with van der Waals surface area (Å²) in [7, 11) is 8.87. The predicted molar refractivity (Wildman–Crippen MR) is 204 cm³/mol. The van der Waals surface area contributed by atoms with Crippen LogP contribution in [0.1, 0.15) is 176 Å². The predicted octanol–water partition coefficient (Wildman–Crippen LogP) is 8.68. The van der Waals surface area contributed by atoms with Gasteiger partial charge in [-0.3, -0.25) is 0 Å². The lowest BCUT2D eigenvalue weighted by Crippen LogP contribution is -2.41. The molecule has 0 aliphatic rings. The Hall–Kier alpha value is -0.0100. The van der Waals surface area contributed by atoms with Crippen molar-refractivity contribution in [1.82, 2.24) is 0 Å². The summed E-state index contributed by atoms with van der Waals surface area (Å²) in [6.45, 7) is 21.9. The molecule has 0 aromatic heterocycles. The van der Waals surface area contributed by atoms with Crippen LogP contribution in [-0.4, -0.2) is 95.0 Å². The number of hydrogen-bond acceptors (Lipinski definition) is 4. The van der Waals surface area contributed by atoms with Gasteiger partial charge in [-0.25, -0.2) is 0 Å². The highest BCUT2D eigenvalue weighted by molar-refractivity contribution is 7.40. The average Bonchev–Trinajstić information content (AvgIpc) is 2.96. The minimum atomic E-state index is -5.39. The second-order valence-electron chi connectivity index (χ2n) is 15.9. The third kappa shape index (κ3) is 58.5. The van der Waals surface area contributed by atoms with Crippen LogP contribution in [0, 0.1) is 0 Å². The van der Waals surface area contributed by atoms with Gasteiger partial charge >= 0.3 is 0 Å². The molecule has 0 radical (unpaired) electrons. The zero-order chi connectivity index (χ0) is 37.1. The van der Waals surface area contributed by atoms with E-state index < -0.39 is 7.82 Å². The topological polar surface area (TPSA) is 86.2 Å². The molecule has 0 spiro atoms. The highest BCUT2D eigenvalue weighted by Gasteiger charge is 2.14. The summed E-state index contributed by atoms with van der Waals surface area (Å²) in [6.07, 6.45) is 29.2. The van der Waals surface area contributed by atoms with E-state index in [0.29, 0.717) is 0 Å². The Kier molecular flexibility index (Phi) is 41.0. The molecule has 0 aromatic carbocycles. The van der Waals surface area contributed by atoms with Crippen LogP contribution in [0.3, 0.4) is 0 Å². The quantitative estimate of drug-likeness (QED) is 0.0489. The maximum Gasteiger partial charge on any atom is 0.0782 e. The van der Waals surface area contributed by atoms with E-state index in [-0.39, 0.29) is 0 Å². The summed E-state index contributed by atoms with van der Waals surface area (Å²) in [5.74, 6) is 0. The standard InChI is InChI=1S/3C13H30N.H3O4P/c3*1-5-7-9-11-13-14(3,4)12-10-8-6-2;1-5(2,3)4/h3*5-13H2,1-4H3;(H3,1,2,3,4)/q3*+1;/p-3. The van der Waals surface area contributed by atoms with Gasteiger partial charge in [-0.15, -0.1) is 0 Å². The molecule has 0 saturated heterocycles. The number of phosphoric acid groups is 1. The second-order valence-corrected chi connectivity index (χ2v) is 16.8. The summed E-state index contributed by atoms with van der Waals surface area (Å²) < 4.78 is 12.2. The zero-order valence-electron chi connectivity index (χ0n) is 34.5.